The van der Waals surface area contributed by atoms with Gasteiger partial charge in [0.25, 0.3) is 0 Å². The lowest BCUT2D eigenvalue weighted by Gasteiger charge is -2.07. The van der Waals surface area contributed by atoms with Crippen molar-refractivity contribution in [3.63, 3.8) is 0 Å². The fourth-order valence-corrected chi connectivity index (χ4v) is 1.75. The Morgan fingerprint density at radius 1 is 1.38 bits per heavy atom. The van der Waals surface area contributed by atoms with Gasteiger partial charge in [0.2, 0.25) is 0 Å². The molecule has 0 aliphatic carbocycles. The number of benzene rings is 1. The van der Waals surface area contributed by atoms with Gasteiger partial charge in [0.15, 0.2) is 0 Å². The molecule has 0 N–H and O–H groups in total. The number of hydrogen-bond donors (Lipinski definition) is 0. The van der Waals surface area contributed by atoms with Crippen molar-refractivity contribution >= 4 is 23.5 Å². The molecule has 1 aromatic carbocycles. The van der Waals surface area contributed by atoms with Crippen LogP contribution in [0.3, 0.4) is 0 Å². The molecule has 1 unspecified atom stereocenters. The van der Waals surface area contributed by atoms with E-state index in [9.17, 15) is 0 Å². The smallest absolute Gasteiger partial charge is 0.0669 e. The molecule has 0 amide bonds. The highest BCUT2D eigenvalue weighted by Gasteiger charge is 2.03. The van der Waals surface area contributed by atoms with E-state index in [4.69, 9.17) is 11.6 Å². The lowest BCUT2D eigenvalue weighted by Crippen LogP contribution is -1.92. The topological polar surface area (TPSA) is 12.4 Å². The quantitative estimate of drug-likeness (QED) is 0.657. The highest BCUT2D eigenvalue weighted by molar-refractivity contribution is 6.31. The minimum absolute atomic E-state index is 0.518. The van der Waals surface area contributed by atoms with Gasteiger partial charge in [0.1, 0.15) is 0 Å². The fourth-order valence-electron chi connectivity index (χ4n) is 1.45. The van der Waals surface area contributed by atoms with Crippen molar-refractivity contribution in [3.05, 3.63) is 28.3 Å². The van der Waals surface area contributed by atoms with Gasteiger partial charge < -0.3 is 0 Å². The molecule has 0 radical (unpaired) electrons. The van der Waals surface area contributed by atoms with Gasteiger partial charge in [-0.1, -0.05) is 38.4 Å². The first-order chi connectivity index (χ1) is 7.58. The summed E-state index contributed by atoms with van der Waals surface area (Å²) in [7, 11) is 0. The van der Waals surface area contributed by atoms with E-state index in [1.807, 2.05) is 12.3 Å². The third-order valence-corrected chi connectivity index (χ3v) is 3.21. The Hall–Kier alpha value is -0.820. The van der Waals surface area contributed by atoms with Crippen LogP contribution in [-0.2, 0) is 6.42 Å². The third-order valence-electron chi connectivity index (χ3n) is 2.86. The second kappa shape index (κ2) is 6.05. The maximum atomic E-state index is 6.18. The monoisotopic (exact) mass is 237 g/mol. The highest BCUT2D eigenvalue weighted by atomic mass is 35.5. The Morgan fingerprint density at radius 2 is 2.06 bits per heavy atom. The van der Waals surface area contributed by atoms with E-state index < -0.39 is 0 Å². The van der Waals surface area contributed by atoms with Crippen LogP contribution in [0.15, 0.2) is 17.1 Å². The normalized spacial score (nSPS) is 13.3. The van der Waals surface area contributed by atoms with Gasteiger partial charge in [0, 0.05) is 11.2 Å². The predicted octanol–water partition coefficient (Wildman–Crippen LogP) is 4.96. The Labute approximate surface area is 104 Å². The average molecular weight is 238 g/mol. The van der Waals surface area contributed by atoms with Crippen molar-refractivity contribution in [1.82, 2.24) is 0 Å². The summed E-state index contributed by atoms with van der Waals surface area (Å²) in [5, 5.41) is 0.824. The van der Waals surface area contributed by atoms with Crippen LogP contribution in [0, 0.1) is 12.8 Å². The zero-order valence-electron chi connectivity index (χ0n) is 10.5. The molecule has 0 aliphatic rings. The summed E-state index contributed by atoms with van der Waals surface area (Å²) in [6.45, 7) is 8.53. The summed E-state index contributed by atoms with van der Waals surface area (Å²) in [6, 6.07) is 4.10. The number of rotatable bonds is 4. The molecular weight excluding hydrogens is 218 g/mol. The lowest BCUT2D eigenvalue weighted by atomic mass is 10.1. The van der Waals surface area contributed by atoms with E-state index in [2.05, 4.69) is 38.8 Å². The number of halogens is 1. The van der Waals surface area contributed by atoms with Gasteiger partial charge in [0.05, 0.1) is 5.69 Å². The van der Waals surface area contributed by atoms with Gasteiger partial charge in [-0.2, -0.15) is 0 Å². The standard InChI is InChI=1S/C14H20ClN/c1-5-10(3)9-16-14-8-13(15)12(6-2)7-11(14)4/h7-10H,5-6H2,1-4H3. The zero-order valence-corrected chi connectivity index (χ0v) is 11.3. The molecule has 0 fully saturated rings. The van der Waals surface area contributed by atoms with Crippen molar-refractivity contribution in [2.24, 2.45) is 10.9 Å². The molecule has 2 heteroatoms. The molecule has 0 bridgehead atoms. The number of aryl methyl sites for hydroxylation is 2. The molecule has 1 rings (SSSR count). The first-order valence-corrected chi connectivity index (χ1v) is 6.29. The van der Waals surface area contributed by atoms with E-state index in [1.54, 1.807) is 0 Å². The molecule has 0 aliphatic heterocycles. The van der Waals surface area contributed by atoms with Crippen LogP contribution in [0.5, 0.6) is 0 Å². The Bertz CT molecular complexity index is 383. The molecule has 1 atom stereocenters. The zero-order chi connectivity index (χ0) is 12.1. The molecule has 0 aromatic heterocycles. The maximum Gasteiger partial charge on any atom is 0.0669 e. The van der Waals surface area contributed by atoms with Crippen LogP contribution < -0.4 is 0 Å². The van der Waals surface area contributed by atoms with Gasteiger partial charge in [-0.25, -0.2) is 0 Å². The van der Waals surface area contributed by atoms with Gasteiger partial charge in [-0.3, -0.25) is 4.99 Å². The van der Waals surface area contributed by atoms with Crippen molar-refractivity contribution < 1.29 is 0 Å². The SMILES string of the molecule is CCc1cc(C)c(N=CC(C)CC)cc1Cl. The summed E-state index contributed by atoms with van der Waals surface area (Å²) >= 11 is 6.18. The number of nitrogens with zero attached hydrogens (tertiary/aromatic N) is 1. The largest absolute Gasteiger partial charge is 0.261 e. The second-order valence-electron chi connectivity index (χ2n) is 4.25. The molecular formula is C14H20ClN. The number of aliphatic imine (C=N–C) groups is 1. The van der Waals surface area contributed by atoms with E-state index >= 15 is 0 Å². The van der Waals surface area contributed by atoms with Crippen molar-refractivity contribution in [2.45, 2.75) is 40.5 Å². The van der Waals surface area contributed by atoms with Crippen LogP contribution >= 0.6 is 11.6 Å². The van der Waals surface area contributed by atoms with Crippen molar-refractivity contribution in [1.29, 1.82) is 0 Å². The third kappa shape index (κ3) is 3.34. The van der Waals surface area contributed by atoms with E-state index in [0.717, 1.165) is 23.6 Å². The Balaban J connectivity index is 2.98. The fraction of sp³-hybridized carbons (Fsp3) is 0.500. The van der Waals surface area contributed by atoms with Gasteiger partial charge in [-0.15, -0.1) is 0 Å². The van der Waals surface area contributed by atoms with Crippen LogP contribution in [0.25, 0.3) is 0 Å². The summed E-state index contributed by atoms with van der Waals surface area (Å²) in [6.07, 6.45) is 4.09. The van der Waals surface area contributed by atoms with E-state index in [0.29, 0.717) is 5.92 Å². The van der Waals surface area contributed by atoms with Crippen molar-refractivity contribution in [2.75, 3.05) is 0 Å². The second-order valence-corrected chi connectivity index (χ2v) is 4.65. The van der Waals surface area contributed by atoms with Gasteiger partial charge in [-0.05, 0) is 42.9 Å². The predicted molar refractivity (Wildman–Crippen MR) is 73.2 cm³/mol. The maximum absolute atomic E-state index is 6.18. The van der Waals surface area contributed by atoms with Crippen LogP contribution in [-0.4, -0.2) is 6.21 Å². The van der Waals surface area contributed by atoms with Gasteiger partial charge >= 0.3 is 0 Å². The van der Waals surface area contributed by atoms with Crippen LogP contribution in [0.4, 0.5) is 5.69 Å². The molecule has 0 saturated carbocycles. The molecule has 1 nitrogen and oxygen atoms in total. The molecule has 0 saturated heterocycles. The molecule has 88 valence electrons. The summed E-state index contributed by atoms with van der Waals surface area (Å²) in [4.78, 5) is 4.50. The van der Waals surface area contributed by atoms with E-state index in [1.165, 1.54) is 11.1 Å². The first kappa shape index (κ1) is 13.2. The van der Waals surface area contributed by atoms with Crippen LogP contribution in [0.1, 0.15) is 38.3 Å². The minimum Gasteiger partial charge on any atom is -0.261 e. The van der Waals surface area contributed by atoms with E-state index in [-0.39, 0.29) is 0 Å². The summed E-state index contributed by atoms with van der Waals surface area (Å²) in [5.41, 5.74) is 3.38. The molecule has 0 heterocycles. The molecule has 1 aromatic rings. The number of hydrogen-bond acceptors (Lipinski definition) is 1. The van der Waals surface area contributed by atoms with Crippen molar-refractivity contribution in [3.8, 4) is 0 Å². The summed E-state index contributed by atoms with van der Waals surface area (Å²) in [5.74, 6) is 0.518. The summed E-state index contributed by atoms with van der Waals surface area (Å²) < 4.78 is 0. The minimum atomic E-state index is 0.518. The lowest BCUT2D eigenvalue weighted by molar-refractivity contribution is 0.754. The average Bonchev–Trinajstić information content (AvgIpc) is 2.29. The van der Waals surface area contributed by atoms with Crippen LogP contribution in [0.2, 0.25) is 5.02 Å². The Kier molecular flexibility index (Phi) is 5.01. The highest BCUT2D eigenvalue weighted by Crippen LogP contribution is 2.27. The Morgan fingerprint density at radius 3 is 2.62 bits per heavy atom. The molecule has 16 heavy (non-hydrogen) atoms. The molecule has 0 spiro atoms. The first-order valence-electron chi connectivity index (χ1n) is 5.91.